The van der Waals surface area contributed by atoms with Crippen LogP contribution in [0.4, 0.5) is 0 Å². The van der Waals surface area contributed by atoms with Crippen LogP contribution >= 0.6 is 0 Å². The van der Waals surface area contributed by atoms with Crippen LogP contribution in [0.15, 0.2) is 48.5 Å². The largest absolute Gasteiger partial charge is 0.455 e. The van der Waals surface area contributed by atoms with Gasteiger partial charge in [0, 0.05) is 13.1 Å². The van der Waals surface area contributed by atoms with E-state index in [9.17, 15) is 9.59 Å². The molecule has 146 valence electrons. The average molecular weight is 381 g/mol. The second-order valence-electron chi connectivity index (χ2n) is 7.12. The van der Waals surface area contributed by atoms with Crippen LogP contribution in [0.3, 0.4) is 0 Å². The van der Waals surface area contributed by atoms with E-state index in [4.69, 9.17) is 14.2 Å². The van der Waals surface area contributed by atoms with Crippen molar-refractivity contribution in [1.82, 2.24) is 4.90 Å². The van der Waals surface area contributed by atoms with Crippen LogP contribution in [-0.2, 0) is 26.3 Å². The van der Waals surface area contributed by atoms with Gasteiger partial charge in [0.25, 0.3) is 5.91 Å². The van der Waals surface area contributed by atoms with Gasteiger partial charge in [-0.25, -0.2) is 0 Å². The minimum atomic E-state index is -0.574. The first-order chi connectivity index (χ1) is 13.6. The molecule has 6 heteroatoms. The third kappa shape index (κ3) is 3.54. The molecule has 0 spiro atoms. The molecule has 28 heavy (non-hydrogen) atoms. The molecule has 0 aromatic heterocycles. The van der Waals surface area contributed by atoms with Gasteiger partial charge in [-0.15, -0.1) is 0 Å². The third-order valence-electron chi connectivity index (χ3n) is 5.34. The first-order valence-corrected chi connectivity index (χ1v) is 9.51. The first-order valence-electron chi connectivity index (χ1n) is 9.51. The molecule has 1 fully saturated rings. The second-order valence-corrected chi connectivity index (χ2v) is 7.12. The summed E-state index contributed by atoms with van der Waals surface area (Å²) in [6.07, 6.45) is 1.53. The smallest absolute Gasteiger partial charge is 0.317 e. The van der Waals surface area contributed by atoms with E-state index in [2.05, 4.69) is 0 Å². The highest BCUT2D eigenvalue weighted by Gasteiger charge is 2.52. The SMILES string of the molecule is CCN(Cc1ccc2c(c1)OCO2)C(=O)COC(=O)C1(c2ccccc2)CC1. The molecule has 1 aliphatic heterocycles. The molecule has 0 bridgehead atoms. The van der Waals surface area contributed by atoms with Gasteiger partial charge in [0.15, 0.2) is 18.1 Å². The molecule has 1 heterocycles. The van der Waals surface area contributed by atoms with Crippen LogP contribution in [0.25, 0.3) is 0 Å². The second kappa shape index (κ2) is 7.54. The number of esters is 1. The summed E-state index contributed by atoms with van der Waals surface area (Å²) in [5.41, 5.74) is 1.32. The molecule has 0 radical (unpaired) electrons. The van der Waals surface area contributed by atoms with Crippen LogP contribution in [0, 0.1) is 0 Å². The Morgan fingerprint density at radius 3 is 2.54 bits per heavy atom. The van der Waals surface area contributed by atoms with Crippen molar-refractivity contribution < 1.29 is 23.8 Å². The monoisotopic (exact) mass is 381 g/mol. The zero-order valence-electron chi connectivity index (χ0n) is 15.8. The Morgan fingerprint density at radius 2 is 1.82 bits per heavy atom. The lowest BCUT2D eigenvalue weighted by Gasteiger charge is -2.22. The normalized spacial score (nSPS) is 15.8. The summed E-state index contributed by atoms with van der Waals surface area (Å²) in [6.45, 7) is 2.82. The number of carbonyl (C=O) groups excluding carboxylic acids is 2. The maximum Gasteiger partial charge on any atom is 0.317 e. The number of hydrogen-bond acceptors (Lipinski definition) is 5. The quantitative estimate of drug-likeness (QED) is 0.690. The van der Waals surface area contributed by atoms with Gasteiger partial charge in [-0.3, -0.25) is 9.59 Å². The van der Waals surface area contributed by atoms with E-state index in [0.29, 0.717) is 24.6 Å². The number of fused-ring (bicyclic) bond motifs is 1. The van der Waals surface area contributed by atoms with E-state index < -0.39 is 5.41 Å². The lowest BCUT2D eigenvalue weighted by molar-refractivity contribution is -0.154. The van der Waals surface area contributed by atoms with Crippen molar-refractivity contribution in [3.05, 3.63) is 59.7 Å². The zero-order valence-corrected chi connectivity index (χ0v) is 15.8. The summed E-state index contributed by atoms with van der Waals surface area (Å²) in [5, 5.41) is 0. The van der Waals surface area contributed by atoms with Crippen molar-refractivity contribution in [1.29, 1.82) is 0 Å². The maximum atomic E-state index is 12.6. The Bertz CT molecular complexity index is 876. The lowest BCUT2D eigenvalue weighted by atomic mass is 9.96. The standard InChI is InChI=1S/C22H23NO5/c1-2-23(13-16-8-9-18-19(12-16)28-15-27-18)20(24)14-26-21(25)22(10-11-22)17-6-4-3-5-7-17/h3-9,12H,2,10-11,13-15H2,1H3. The van der Waals surface area contributed by atoms with Gasteiger partial charge < -0.3 is 19.1 Å². The van der Waals surface area contributed by atoms with Gasteiger partial charge in [0.05, 0.1) is 5.41 Å². The number of benzene rings is 2. The van der Waals surface area contributed by atoms with E-state index >= 15 is 0 Å². The summed E-state index contributed by atoms with van der Waals surface area (Å²) < 4.78 is 16.1. The Hall–Kier alpha value is -3.02. The zero-order chi connectivity index (χ0) is 19.6. The highest BCUT2D eigenvalue weighted by Crippen LogP contribution is 2.49. The van der Waals surface area contributed by atoms with Crippen LogP contribution in [0.5, 0.6) is 11.5 Å². The molecule has 1 amide bonds. The predicted octanol–water partition coefficient (Wildman–Crippen LogP) is 3.04. The molecule has 2 aromatic rings. The van der Waals surface area contributed by atoms with Gasteiger partial charge in [0.2, 0.25) is 6.79 Å². The Balaban J connectivity index is 1.35. The van der Waals surface area contributed by atoms with Crippen molar-refractivity contribution in [2.24, 2.45) is 0 Å². The molecular formula is C22H23NO5. The van der Waals surface area contributed by atoms with E-state index in [1.165, 1.54) is 0 Å². The summed E-state index contributed by atoms with van der Waals surface area (Å²) >= 11 is 0. The summed E-state index contributed by atoms with van der Waals surface area (Å²) in [7, 11) is 0. The molecule has 0 N–H and O–H groups in total. The average Bonchev–Trinajstić information content (AvgIpc) is 3.42. The molecule has 2 aromatic carbocycles. The minimum absolute atomic E-state index is 0.211. The number of hydrogen-bond donors (Lipinski definition) is 0. The molecule has 0 atom stereocenters. The number of likely N-dealkylation sites (N-methyl/N-ethyl adjacent to an activating group) is 1. The van der Waals surface area contributed by atoms with Crippen LogP contribution in [-0.4, -0.2) is 36.7 Å². The molecule has 6 nitrogen and oxygen atoms in total. The fourth-order valence-corrected chi connectivity index (χ4v) is 3.49. The Morgan fingerprint density at radius 1 is 1.07 bits per heavy atom. The van der Waals surface area contributed by atoms with E-state index in [1.54, 1.807) is 4.90 Å². The molecule has 0 saturated heterocycles. The molecule has 2 aliphatic rings. The van der Waals surface area contributed by atoms with Crippen molar-refractivity contribution in [3.63, 3.8) is 0 Å². The van der Waals surface area contributed by atoms with Crippen LogP contribution in [0.2, 0.25) is 0 Å². The molecule has 1 aliphatic carbocycles. The number of carbonyl (C=O) groups is 2. The highest BCUT2D eigenvalue weighted by atomic mass is 16.7. The summed E-state index contributed by atoms with van der Waals surface area (Å²) in [4.78, 5) is 26.9. The lowest BCUT2D eigenvalue weighted by Crippen LogP contribution is -2.35. The molecule has 4 rings (SSSR count). The Kier molecular flexibility index (Phi) is 4.94. The van der Waals surface area contributed by atoms with Crippen LogP contribution < -0.4 is 9.47 Å². The van der Waals surface area contributed by atoms with E-state index in [1.807, 2.05) is 55.5 Å². The topological polar surface area (TPSA) is 65.1 Å². The predicted molar refractivity (Wildman–Crippen MR) is 102 cm³/mol. The molecule has 1 saturated carbocycles. The van der Waals surface area contributed by atoms with Gasteiger partial charge in [-0.2, -0.15) is 0 Å². The third-order valence-corrected chi connectivity index (χ3v) is 5.34. The maximum absolute atomic E-state index is 12.6. The van der Waals surface area contributed by atoms with Gasteiger partial charge in [-0.1, -0.05) is 36.4 Å². The van der Waals surface area contributed by atoms with Crippen LogP contribution in [0.1, 0.15) is 30.9 Å². The van der Waals surface area contributed by atoms with Gasteiger partial charge in [-0.05, 0) is 43.0 Å². The Labute approximate surface area is 164 Å². The summed E-state index contributed by atoms with van der Waals surface area (Å²) in [6, 6.07) is 15.2. The van der Waals surface area contributed by atoms with Crippen molar-refractivity contribution >= 4 is 11.9 Å². The molecule has 0 unspecified atom stereocenters. The van der Waals surface area contributed by atoms with E-state index in [0.717, 1.165) is 24.0 Å². The number of ether oxygens (including phenoxy) is 3. The van der Waals surface area contributed by atoms with Crippen molar-refractivity contribution in [2.45, 2.75) is 31.7 Å². The van der Waals surface area contributed by atoms with Crippen molar-refractivity contribution in [2.75, 3.05) is 19.9 Å². The number of nitrogens with zero attached hydrogens (tertiary/aromatic N) is 1. The minimum Gasteiger partial charge on any atom is -0.455 e. The first kappa shape index (κ1) is 18.3. The van der Waals surface area contributed by atoms with Gasteiger partial charge >= 0.3 is 5.97 Å². The fourth-order valence-electron chi connectivity index (χ4n) is 3.49. The highest BCUT2D eigenvalue weighted by molar-refractivity contribution is 5.89. The summed E-state index contributed by atoms with van der Waals surface area (Å²) in [5.74, 6) is 0.872. The number of rotatable bonds is 7. The number of amides is 1. The van der Waals surface area contributed by atoms with Crippen molar-refractivity contribution in [3.8, 4) is 11.5 Å². The fraction of sp³-hybridized carbons (Fsp3) is 0.364. The van der Waals surface area contributed by atoms with E-state index in [-0.39, 0.29) is 25.3 Å². The van der Waals surface area contributed by atoms with Gasteiger partial charge in [0.1, 0.15) is 0 Å². The molecular weight excluding hydrogens is 358 g/mol.